The summed E-state index contributed by atoms with van der Waals surface area (Å²) < 4.78 is 69.5. The highest BCUT2D eigenvalue weighted by atomic mass is 19.2. The Kier molecular flexibility index (Phi) is 7.50. The van der Waals surface area contributed by atoms with Gasteiger partial charge in [0.15, 0.2) is 29.1 Å². The van der Waals surface area contributed by atoms with E-state index in [2.05, 4.69) is 12.2 Å². The van der Waals surface area contributed by atoms with Gasteiger partial charge in [0.1, 0.15) is 0 Å². The summed E-state index contributed by atoms with van der Waals surface area (Å²) in [5, 5.41) is 0. The van der Waals surface area contributed by atoms with E-state index in [0.29, 0.717) is 17.4 Å². The van der Waals surface area contributed by atoms with Crippen molar-refractivity contribution in [3.8, 4) is 11.1 Å². The molecule has 0 radical (unpaired) electrons. The molecule has 0 aromatic heterocycles. The zero-order valence-electron chi connectivity index (χ0n) is 19.1. The van der Waals surface area contributed by atoms with Crippen molar-refractivity contribution in [1.82, 2.24) is 0 Å². The lowest BCUT2D eigenvalue weighted by atomic mass is 9.78. The summed E-state index contributed by atoms with van der Waals surface area (Å²) >= 11 is 0. The predicted molar refractivity (Wildman–Crippen MR) is 125 cm³/mol. The van der Waals surface area contributed by atoms with E-state index in [1.54, 1.807) is 0 Å². The summed E-state index contributed by atoms with van der Waals surface area (Å²) in [6, 6.07) is 12.4. The maximum Gasteiger partial charge on any atom is 0.194 e. The molecule has 0 atom stereocenters. The second kappa shape index (κ2) is 10.5. The molecule has 0 bridgehead atoms. The number of hydrogen-bond donors (Lipinski definition) is 0. The highest BCUT2D eigenvalue weighted by Gasteiger charge is 2.21. The van der Waals surface area contributed by atoms with Gasteiger partial charge >= 0.3 is 0 Å². The summed E-state index contributed by atoms with van der Waals surface area (Å²) in [6.45, 7) is 2.05. The van der Waals surface area contributed by atoms with Crippen LogP contribution in [0.25, 0.3) is 11.1 Å². The topological polar surface area (TPSA) is 0 Å². The van der Waals surface area contributed by atoms with Gasteiger partial charge in [0.2, 0.25) is 0 Å². The van der Waals surface area contributed by atoms with Gasteiger partial charge in [-0.3, -0.25) is 0 Å². The van der Waals surface area contributed by atoms with Crippen molar-refractivity contribution >= 4 is 0 Å². The second-order valence-electron chi connectivity index (χ2n) is 9.03. The quantitative estimate of drug-likeness (QED) is 0.192. The van der Waals surface area contributed by atoms with Crippen molar-refractivity contribution in [2.24, 2.45) is 5.92 Å². The summed E-state index contributed by atoms with van der Waals surface area (Å²) in [6.07, 6.45) is 9.03. The number of hydrogen-bond acceptors (Lipinski definition) is 0. The Labute approximate surface area is 197 Å². The van der Waals surface area contributed by atoms with E-state index in [4.69, 9.17) is 0 Å². The second-order valence-corrected chi connectivity index (χ2v) is 9.03. The van der Waals surface area contributed by atoms with Gasteiger partial charge in [-0.1, -0.05) is 48.6 Å². The highest BCUT2D eigenvalue weighted by molar-refractivity contribution is 5.65. The largest absolute Gasteiger partial charge is 0.204 e. The maximum atomic E-state index is 14.9. The number of halogens is 5. The Morgan fingerprint density at radius 1 is 0.735 bits per heavy atom. The van der Waals surface area contributed by atoms with Crippen molar-refractivity contribution in [2.75, 3.05) is 0 Å². The van der Waals surface area contributed by atoms with Crippen LogP contribution in [0.4, 0.5) is 22.0 Å². The molecule has 0 nitrogen and oxygen atoms in total. The lowest BCUT2D eigenvalue weighted by molar-refractivity contribution is 0.376. The van der Waals surface area contributed by atoms with Crippen LogP contribution < -0.4 is 0 Å². The Balaban J connectivity index is 1.45. The van der Waals surface area contributed by atoms with Crippen LogP contribution in [0.1, 0.15) is 55.2 Å². The van der Waals surface area contributed by atoms with Crippen LogP contribution in [0.3, 0.4) is 0 Å². The standard InChI is InChI=1S/C29H27F5/c1-2-3-18-4-7-20(8-5-18)21-10-12-22(13-11-21)24-15-14-23(27(32)28(24)33)9-6-19-16-25(30)29(34)26(31)17-19/h2-3,10-18,20H,4-9H2,1H3/b3-2+. The maximum absolute atomic E-state index is 14.9. The Hall–Kier alpha value is -2.95. The zero-order chi connectivity index (χ0) is 24.2. The fourth-order valence-corrected chi connectivity index (χ4v) is 4.89. The molecule has 0 aliphatic heterocycles. The first kappa shape index (κ1) is 24.2. The van der Waals surface area contributed by atoms with Crippen LogP contribution in [-0.4, -0.2) is 0 Å². The average molecular weight is 471 g/mol. The monoisotopic (exact) mass is 470 g/mol. The van der Waals surface area contributed by atoms with Gasteiger partial charge in [0, 0.05) is 5.56 Å². The Bertz CT molecular complexity index is 1150. The Morgan fingerprint density at radius 3 is 2.00 bits per heavy atom. The van der Waals surface area contributed by atoms with Gasteiger partial charge in [-0.2, -0.15) is 0 Å². The molecule has 0 N–H and O–H groups in total. The summed E-state index contributed by atoms with van der Waals surface area (Å²) in [7, 11) is 0. The number of allylic oxidation sites excluding steroid dienone is 2. The lowest BCUT2D eigenvalue weighted by Gasteiger charge is -2.27. The molecular formula is C29H27F5. The third-order valence-electron chi connectivity index (χ3n) is 6.82. The molecule has 0 heterocycles. The normalized spacial score (nSPS) is 18.5. The van der Waals surface area contributed by atoms with E-state index < -0.39 is 29.1 Å². The minimum atomic E-state index is -1.54. The molecule has 1 saturated carbocycles. The fraction of sp³-hybridized carbons (Fsp3) is 0.310. The molecule has 34 heavy (non-hydrogen) atoms. The molecule has 1 aliphatic carbocycles. The van der Waals surface area contributed by atoms with Crippen LogP contribution in [0, 0.1) is 35.0 Å². The minimum Gasteiger partial charge on any atom is -0.204 e. The van der Waals surface area contributed by atoms with Crippen LogP contribution in [0.5, 0.6) is 0 Å². The minimum absolute atomic E-state index is 0.0301. The number of rotatable bonds is 6. The third kappa shape index (κ3) is 5.24. The van der Waals surface area contributed by atoms with E-state index in [0.717, 1.165) is 37.8 Å². The summed E-state index contributed by atoms with van der Waals surface area (Å²) in [5.74, 6) is -4.94. The molecule has 0 saturated heterocycles. The summed E-state index contributed by atoms with van der Waals surface area (Å²) in [4.78, 5) is 0. The molecule has 0 spiro atoms. The molecule has 4 rings (SSSR count). The molecular weight excluding hydrogens is 443 g/mol. The molecule has 1 aliphatic rings. The predicted octanol–water partition coefficient (Wildman–Crippen LogP) is 8.68. The zero-order valence-corrected chi connectivity index (χ0v) is 19.1. The summed E-state index contributed by atoms with van der Waals surface area (Å²) in [5.41, 5.74) is 2.26. The molecule has 178 valence electrons. The van der Waals surface area contributed by atoms with E-state index in [1.807, 2.05) is 31.2 Å². The van der Waals surface area contributed by atoms with Gasteiger partial charge < -0.3 is 0 Å². The molecule has 0 unspecified atom stereocenters. The molecule has 0 amide bonds. The van der Waals surface area contributed by atoms with Crippen LogP contribution in [0.15, 0.2) is 60.7 Å². The highest BCUT2D eigenvalue weighted by Crippen LogP contribution is 2.37. The molecule has 3 aromatic rings. The molecule has 5 heteroatoms. The van der Waals surface area contributed by atoms with E-state index in [9.17, 15) is 22.0 Å². The van der Waals surface area contributed by atoms with Crippen molar-refractivity contribution in [3.05, 3.63) is 106 Å². The van der Waals surface area contributed by atoms with Crippen LogP contribution in [0.2, 0.25) is 0 Å². The number of aryl methyl sites for hydroxylation is 2. The van der Waals surface area contributed by atoms with Gasteiger partial charge in [-0.25, -0.2) is 22.0 Å². The van der Waals surface area contributed by atoms with Gasteiger partial charge in [0.05, 0.1) is 0 Å². The van der Waals surface area contributed by atoms with Crippen molar-refractivity contribution in [3.63, 3.8) is 0 Å². The first-order valence-electron chi connectivity index (χ1n) is 11.7. The third-order valence-corrected chi connectivity index (χ3v) is 6.82. The number of benzene rings is 3. The SMILES string of the molecule is C/C=C/C1CCC(c2ccc(-c3ccc(CCc4cc(F)c(F)c(F)c4)c(F)c3F)cc2)CC1. The van der Waals surface area contributed by atoms with Gasteiger partial charge in [-0.05, 0) is 91.7 Å². The van der Waals surface area contributed by atoms with Crippen molar-refractivity contribution < 1.29 is 22.0 Å². The molecule has 3 aromatic carbocycles. The average Bonchev–Trinajstić information content (AvgIpc) is 2.84. The fourth-order valence-electron chi connectivity index (χ4n) is 4.89. The van der Waals surface area contributed by atoms with Crippen LogP contribution >= 0.6 is 0 Å². The van der Waals surface area contributed by atoms with Gasteiger partial charge in [0.25, 0.3) is 0 Å². The Morgan fingerprint density at radius 2 is 1.38 bits per heavy atom. The first-order valence-corrected chi connectivity index (χ1v) is 11.7. The van der Waals surface area contributed by atoms with Crippen LogP contribution in [-0.2, 0) is 12.8 Å². The van der Waals surface area contributed by atoms with Crippen molar-refractivity contribution in [2.45, 2.75) is 51.4 Å². The lowest BCUT2D eigenvalue weighted by Crippen LogP contribution is -2.11. The van der Waals surface area contributed by atoms with Gasteiger partial charge in [-0.15, -0.1) is 0 Å². The van der Waals surface area contributed by atoms with Crippen molar-refractivity contribution in [1.29, 1.82) is 0 Å². The first-order chi connectivity index (χ1) is 16.4. The molecule has 1 fully saturated rings. The van der Waals surface area contributed by atoms with E-state index in [-0.39, 0.29) is 29.5 Å². The van der Waals surface area contributed by atoms with E-state index >= 15 is 0 Å². The van der Waals surface area contributed by atoms with E-state index in [1.165, 1.54) is 17.7 Å². The smallest absolute Gasteiger partial charge is 0.194 e.